The summed E-state index contributed by atoms with van der Waals surface area (Å²) in [4.78, 5) is 7.79. The molecule has 0 bridgehead atoms. The van der Waals surface area contributed by atoms with Crippen LogP contribution in [0.2, 0.25) is 0 Å². The maximum absolute atomic E-state index is 4.21. The van der Waals surface area contributed by atoms with Gasteiger partial charge in [0.2, 0.25) is 0 Å². The second-order valence-electron chi connectivity index (χ2n) is 3.33. The van der Waals surface area contributed by atoms with Gasteiger partial charge in [-0.2, -0.15) is 0 Å². The fraction of sp³-hybridized carbons (Fsp3) is 0.545. The monoisotopic (exact) mass is 225 g/mol. The van der Waals surface area contributed by atoms with E-state index < -0.39 is 0 Å². The van der Waals surface area contributed by atoms with Gasteiger partial charge in [0.1, 0.15) is 0 Å². The first-order valence-corrected chi connectivity index (χ1v) is 6.10. The zero-order valence-corrected chi connectivity index (χ0v) is 10.5. The molecule has 0 spiro atoms. The highest BCUT2D eigenvalue weighted by molar-refractivity contribution is 7.09. The third-order valence-electron chi connectivity index (χ3n) is 2.18. The molecule has 15 heavy (non-hydrogen) atoms. The smallest absolute Gasteiger partial charge is 0.193 e. The predicted molar refractivity (Wildman–Crippen MR) is 67.7 cm³/mol. The zero-order valence-electron chi connectivity index (χ0n) is 9.66. The van der Waals surface area contributed by atoms with Gasteiger partial charge in [0, 0.05) is 32.1 Å². The van der Waals surface area contributed by atoms with Gasteiger partial charge in [-0.15, -0.1) is 11.3 Å². The average molecular weight is 225 g/mol. The SMILES string of the molecule is CCNC(=NC)N(C)CCc1cccs1. The number of hydrogen-bond acceptors (Lipinski definition) is 2. The summed E-state index contributed by atoms with van der Waals surface area (Å²) in [6.07, 6.45) is 1.08. The van der Waals surface area contributed by atoms with Crippen LogP contribution < -0.4 is 5.32 Å². The van der Waals surface area contributed by atoms with E-state index in [-0.39, 0.29) is 0 Å². The van der Waals surface area contributed by atoms with Crippen LogP contribution >= 0.6 is 11.3 Å². The summed E-state index contributed by atoms with van der Waals surface area (Å²) in [6.45, 7) is 3.99. The van der Waals surface area contributed by atoms with Crippen molar-refractivity contribution in [3.8, 4) is 0 Å². The van der Waals surface area contributed by atoms with Crippen molar-refractivity contribution in [2.75, 3.05) is 27.2 Å². The van der Waals surface area contributed by atoms with Crippen molar-refractivity contribution in [1.82, 2.24) is 10.2 Å². The highest BCUT2D eigenvalue weighted by Gasteiger charge is 2.04. The lowest BCUT2D eigenvalue weighted by Gasteiger charge is -2.21. The summed E-state index contributed by atoms with van der Waals surface area (Å²) < 4.78 is 0. The van der Waals surface area contributed by atoms with E-state index in [0.717, 1.165) is 25.5 Å². The molecule has 0 atom stereocenters. The molecule has 0 unspecified atom stereocenters. The molecule has 0 aliphatic carbocycles. The molecule has 1 rings (SSSR count). The molecule has 1 N–H and O–H groups in total. The summed E-state index contributed by atoms with van der Waals surface area (Å²) in [5.74, 6) is 0.967. The van der Waals surface area contributed by atoms with Crippen molar-refractivity contribution in [3.05, 3.63) is 22.4 Å². The zero-order chi connectivity index (χ0) is 11.1. The topological polar surface area (TPSA) is 27.6 Å². The van der Waals surface area contributed by atoms with E-state index >= 15 is 0 Å². The Kier molecular flexibility index (Phi) is 5.18. The molecule has 3 nitrogen and oxygen atoms in total. The number of likely N-dealkylation sites (N-methyl/N-ethyl adjacent to an activating group) is 1. The fourth-order valence-corrected chi connectivity index (χ4v) is 2.08. The van der Waals surface area contributed by atoms with Crippen LogP contribution in [0.1, 0.15) is 11.8 Å². The maximum Gasteiger partial charge on any atom is 0.193 e. The van der Waals surface area contributed by atoms with E-state index in [1.807, 2.05) is 18.4 Å². The van der Waals surface area contributed by atoms with Gasteiger partial charge in [-0.3, -0.25) is 4.99 Å². The van der Waals surface area contributed by atoms with Crippen LogP contribution in [0.15, 0.2) is 22.5 Å². The highest BCUT2D eigenvalue weighted by atomic mass is 32.1. The molecule has 0 fully saturated rings. The van der Waals surface area contributed by atoms with Crippen LogP contribution in [0.5, 0.6) is 0 Å². The summed E-state index contributed by atoms with van der Waals surface area (Å²) in [7, 11) is 3.89. The molecule has 1 aromatic heterocycles. The number of nitrogens with zero attached hydrogens (tertiary/aromatic N) is 2. The van der Waals surface area contributed by atoms with Crippen LogP contribution in [0, 0.1) is 0 Å². The third-order valence-corrected chi connectivity index (χ3v) is 3.12. The van der Waals surface area contributed by atoms with Crippen LogP contribution in [-0.2, 0) is 6.42 Å². The van der Waals surface area contributed by atoms with E-state index in [4.69, 9.17) is 0 Å². The van der Waals surface area contributed by atoms with E-state index in [9.17, 15) is 0 Å². The van der Waals surface area contributed by atoms with Crippen LogP contribution in [0.3, 0.4) is 0 Å². The number of thiophene rings is 1. The van der Waals surface area contributed by atoms with Crippen LogP contribution in [0.25, 0.3) is 0 Å². The second-order valence-corrected chi connectivity index (χ2v) is 4.36. The molecular weight excluding hydrogens is 206 g/mol. The molecule has 0 amide bonds. The fourth-order valence-electron chi connectivity index (χ4n) is 1.38. The Morgan fingerprint density at radius 3 is 2.93 bits per heavy atom. The molecule has 1 heterocycles. The first kappa shape index (κ1) is 12.0. The Morgan fingerprint density at radius 1 is 1.60 bits per heavy atom. The molecule has 0 aliphatic heterocycles. The van der Waals surface area contributed by atoms with Gasteiger partial charge in [-0.1, -0.05) is 6.07 Å². The van der Waals surface area contributed by atoms with Gasteiger partial charge in [-0.25, -0.2) is 0 Å². The normalized spacial score (nSPS) is 11.5. The molecule has 0 aliphatic rings. The number of guanidine groups is 1. The van der Waals surface area contributed by atoms with Crippen molar-refractivity contribution in [3.63, 3.8) is 0 Å². The summed E-state index contributed by atoms with van der Waals surface area (Å²) >= 11 is 1.81. The number of nitrogens with one attached hydrogen (secondary N) is 1. The lowest BCUT2D eigenvalue weighted by Crippen LogP contribution is -2.39. The minimum Gasteiger partial charge on any atom is -0.357 e. The Hall–Kier alpha value is -1.03. The van der Waals surface area contributed by atoms with E-state index in [1.54, 1.807) is 0 Å². The molecule has 84 valence electrons. The molecule has 0 radical (unpaired) electrons. The summed E-state index contributed by atoms with van der Waals surface area (Å²) in [5, 5.41) is 5.36. The molecule has 4 heteroatoms. The maximum atomic E-state index is 4.21. The van der Waals surface area contributed by atoms with Crippen molar-refractivity contribution in [2.24, 2.45) is 4.99 Å². The first-order valence-electron chi connectivity index (χ1n) is 5.22. The van der Waals surface area contributed by atoms with Crippen LogP contribution in [0.4, 0.5) is 0 Å². The molecule has 1 aromatic rings. The largest absolute Gasteiger partial charge is 0.357 e. The van der Waals surface area contributed by atoms with E-state index in [1.165, 1.54) is 4.88 Å². The summed E-state index contributed by atoms with van der Waals surface area (Å²) in [6, 6.07) is 4.27. The van der Waals surface area contributed by atoms with Crippen LogP contribution in [-0.4, -0.2) is 38.0 Å². The van der Waals surface area contributed by atoms with Gasteiger partial charge in [0.05, 0.1) is 0 Å². The number of rotatable bonds is 4. The third kappa shape index (κ3) is 3.91. The van der Waals surface area contributed by atoms with E-state index in [0.29, 0.717) is 0 Å². The molecule has 0 aromatic carbocycles. The molecular formula is C11H19N3S. The predicted octanol–water partition coefficient (Wildman–Crippen LogP) is 1.82. The quantitative estimate of drug-likeness (QED) is 0.625. The number of hydrogen-bond donors (Lipinski definition) is 1. The van der Waals surface area contributed by atoms with Crippen molar-refractivity contribution < 1.29 is 0 Å². The molecule has 0 saturated carbocycles. The van der Waals surface area contributed by atoms with E-state index in [2.05, 4.69) is 46.7 Å². The Morgan fingerprint density at radius 2 is 2.40 bits per heavy atom. The lowest BCUT2D eigenvalue weighted by molar-refractivity contribution is 0.489. The van der Waals surface area contributed by atoms with Crippen molar-refractivity contribution >= 4 is 17.3 Å². The molecule has 0 saturated heterocycles. The van der Waals surface area contributed by atoms with Gasteiger partial charge in [-0.05, 0) is 24.8 Å². The minimum absolute atomic E-state index is 0.913. The minimum atomic E-state index is 0.913. The standard InChI is InChI=1S/C11H19N3S/c1-4-13-11(12-2)14(3)8-7-10-6-5-9-15-10/h5-6,9H,4,7-8H2,1-3H3,(H,12,13). The van der Waals surface area contributed by atoms with Gasteiger partial charge >= 0.3 is 0 Å². The first-order chi connectivity index (χ1) is 7.27. The van der Waals surface area contributed by atoms with Gasteiger partial charge < -0.3 is 10.2 Å². The van der Waals surface area contributed by atoms with Gasteiger partial charge in [0.15, 0.2) is 5.96 Å². The average Bonchev–Trinajstić information content (AvgIpc) is 2.75. The van der Waals surface area contributed by atoms with Gasteiger partial charge in [0.25, 0.3) is 0 Å². The summed E-state index contributed by atoms with van der Waals surface area (Å²) in [5.41, 5.74) is 0. The second kappa shape index (κ2) is 6.45. The van der Waals surface area contributed by atoms with Crippen molar-refractivity contribution in [1.29, 1.82) is 0 Å². The van der Waals surface area contributed by atoms with Crippen molar-refractivity contribution in [2.45, 2.75) is 13.3 Å². The number of aliphatic imine (C=N–C) groups is 1. The Labute approximate surface area is 95.8 Å². The Bertz CT molecular complexity index is 293. The highest BCUT2D eigenvalue weighted by Crippen LogP contribution is 2.09. The Balaban J connectivity index is 2.37. The lowest BCUT2D eigenvalue weighted by atomic mass is 10.3.